The molecule has 1 aromatic carbocycles. The van der Waals surface area contributed by atoms with Crippen LogP contribution < -0.4 is 5.43 Å². The highest BCUT2D eigenvalue weighted by Crippen LogP contribution is 2.35. The fourth-order valence-corrected chi connectivity index (χ4v) is 3.10. The van der Waals surface area contributed by atoms with Gasteiger partial charge >= 0.3 is 5.97 Å². The summed E-state index contributed by atoms with van der Waals surface area (Å²) in [5, 5.41) is 14.8. The summed E-state index contributed by atoms with van der Waals surface area (Å²) < 4.78 is 5.16. The molecule has 2 aromatic rings. The highest BCUT2D eigenvalue weighted by Gasteiger charge is 2.34. The van der Waals surface area contributed by atoms with E-state index in [1.165, 1.54) is 0 Å². The van der Waals surface area contributed by atoms with Gasteiger partial charge in [0, 0.05) is 17.3 Å². The Kier molecular flexibility index (Phi) is 4.99. The van der Waals surface area contributed by atoms with Gasteiger partial charge in [-0.15, -0.1) is 0 Å². The first-order chi connectivity index (χ1) is 12.6. The minimum atomic E-state index is -0.585. The second-order valence-corrected chi connectivity index (χ2v) is 6.02. The van der Waals surface area contributed by atoms with Crippen LogP contribution in [0.25, 0.3) is 10.9 Å². The van der Waals surface area contributed by atoms with Gasteiger partial charge in [-0.3, -0.25) is 10.4 Å². The molecule has 1 aromatic heterocycles. The van der Waals surface area contributed by atoms with E-state index in [1.54, 1.807) is 13.8 Å². The van der Waals surface area contributed by atoms with E-state index in [0.29, 0.717) is 11.3 Å². The van der Waals surface area contributed by atoms with Crippen molar-refractivity contribution in [2.75, 3.05) is 6.61 Å². The number of aryl methyl sites for hydroxylation is 1. The summed E-state index contributed by atoms with van der Waals surface area (Å²) in [5.74, 6) is -1.11. The predicted octanol–water partition coefficient (Wildman–Crippen LogP) is 3.20. The zero-order valence-electron chi connectivity index (χ0n) is 15.0. The smallest absolute Gasteiger partial charge is 0.355 e. The lowest BCUT2D eigenvalue weighted by atomic mass is 9.83. The molecular formula is C20H20N4O2. The first-order valence-corrected chi connectivity index (χ1v) is 8.59. The SMILES string of the molecule is CCOC(=O)C1=NNC(C)=C(C#N)C1c1cccc2ncc(CC)cc12. The maximum absolute atomic E-state index is 12.5. The minimum Gasteiger partial charge on any atom is -0.461 e. The van der Waals surface area contributed by atoms with E-state index < -0.39 is 11.9 Å². The van der Waals surface area contributed by atoms with Crippen LogP contribution in [0.3, 0.4) is 0 Å². The van der Waals surface area contributed by atoms with Crippen molar-refractivity contribution in [3.63, 3.8) is 0 Å². The van der Waals surface area contributed by atoms with Gasteiger partial charge in [-0.05, 0) is 43.5 Å². The third-order valence-corrected chi connectivity index (χ3v) is 4.45. The molecule has 0 spiro atoms. The number of ether oxygens (including phenoxy) is 1. The molecule has 0 amide bonds. The molecule has 1 aliphatic heterocycles. The van der Waals surface area contributed by atoms with Gasteiger partial charge in [-0.2, -0.15) is 10.4 Å². The molecule has 6 heteroatoms. The fraction of sp³-hybridized carbons (Fsp3) is 0.300. The van der Waals surface area contributed by atoms with Crippen LogP contribution in [0, 0.1) is 11.3 Å². The average Bonchev–Trinajstić information content (AvgIpc) is 2.66. The quantitative estimate of drug-likeness (QED) is 0.857. The Labute approximate surface area is 152 Å². The van der Waals surface area contributed by atoms with Gasteiger partial charge in [0.25, 0.3) is 0 Å². The number of rotatable bonds is 4. The molecule has 1 N–H and O–H groups in total. The number of nitrogens with one attached hydrogen (secondary N) is 1. The third-order valence-electron chi connectivity index (χ3n) is 4.45. The van der Waals surface area contributed by atoms with Crippen molar-refractivity contribution in [1.29, 1.82) is 5.26 Å². The van der Waals surface area contributed by atoms with Crippen molar-refractivity contribution in [3.8, 4) is 6.07 Å². The standard InChI is InChI=1S/C20H20N4O2/c1-4-13-9-15-14(7-6-8-17(15)22-11-13)18-16(10-21)12(3)23-24-19(18)20(25)26-5-2/h6-9,11,18,23H,4-5H2,1-3H3. The number of carbonyl (C=O) groups is 1. The average molecular weight is 348 g/mol. The highest BCUT2D eigenvalue weighted by atomic mass is 16.5. The van der Waals surface area contributed by atoms with E-state index in [-0.39, 0.29) is 12.3 Å². The Morgan fingerprint density at radius 2 is 2.19 bits per heavy atom. The lowest BCUT2D eigenvalue weighted by Gasteiger charge is -2.25. The Hall–Kier alpha value is -3.20. The number of nitrogens with zero attached hydrogens (tertiary/aromatic N) is 3. The number of hydrogen-bond acceptors (Lipinski definition) is 6. The van der Waals surface area contributed by atoms with Crippen LogP contribution in [0.15, 0.2) is 46.8 Å². The number of hydrogen-bond donors (Lipinski definition) is 1. The van der Waals surface area contributed by atoms with Crippen molar-refractivity contribution < 1.29 is 9.53 Å². The first-order valence-electron chi connectivity index (χ1n) is 8.59. The van der Waals surface area contributed by atoms with E-state index in [0.717, 1.165) is 28.5 Å². The van der Waals surface area contributed by atoms with E-state index in [2.05, 4.69) is 34.6 Å². The Morgan fingerprint density at radius 3 is 2.88 bits per heavy atom. The summed E-state index contributed by atoms with van der Waals surface area (Å²) in [7, 11) is 0. The van der Waals surface area contributed by atoms with Crippen molar-refractivity contribution >= 4 is 22.6 Å². The lowest BCUT2D eigenvalue weighted by Crippen LogP contribution is -2.33. The van der Waals surface area contributed by atoms with Crippen LogP contribution in [0.1, 0.15) is 37.8 Å². The van der Waals surface area contributed by atoms with Gasteiger partial charge in [0.1, 0.15) is 0 Å². The molecule has 1 unspecified atom stereocenters. The number of esters is 1. The van der Waals surface area contributed by atoms with E-state index >= 15 is 0 Å². The maximum Gasteiger partial charge on any atom is 0.355 e. The maximum atomic E-state index is 12.5. The van der Waals surface area contributed by atoms with Gasteiger partial charge in [-0.1, -0.05) is 19.1 Å². The fourth-order valence-electron chi connectivity index (χ4n) is 3.10. The summed E-state index contributed by atoms with van der Waals surface area (Å²) in [5.41, 5.74) is 6.77. The van der Waals surface area contributed by atoms with Gasteiger partial charge < -0.3 is 4.74 Å². The second-order valence-electron chi connectivity index (χ2n) is 6.02. The van der Waals surface area contributed by atoms with E-state index in [9.17, 15) is 10.1 Å². The van der Waals surface area contributed by atoms with Gasteiger partial charge in [0.2, 0.25) is 0 Å². The second kappa shape index (κ2) is 7.36. The van der Waals surface area contributed by atoms with Crippen molar-refractivity contribution in [2.45, 2.75) is 33.1 Å². The molecule has 1 aliphatic rings. The van der Waals surface area contributed by atoms with Crippen LogP contribution in [0.4, 0.5) is 0 Å². The third kappa shape index (κ3) is 3.04. The number of nitriles is 1. The molecule has 3 rings (SSSR count). The normalized spacial score (nSPS) is 16.7. The van der Waals surface area contributed by atoms with Crippen LogP contribution in [-0.4, -0.2) is 23.3 Å². The number of hydrazone groups is 1. The van der Waals surface area contributed by atoms with Crippen molar-refractivity contribution in [2.24, 2.45) is 5.10 Å². The van der Waals surface area contributed by atoms with E-state index in [1.807, 2.05) is 24.4 Å². The monoisotopic (exact) mass is 348 g/mol. The Morgan fingerprint density at radius 1 is 1.38 bits per heavy atom. The molecule has 0 saturated carbocycles. The lowest BCUT2D eigenvalue weighted by molar-refractivity contribution is -0.135. The number of benzene rings is 1. The zero-order chi connectivity index (χ0) is 18.7. The van der Waals surface area contributed by atoms with Gasteiger partial charge in [0.15, 0.2) is 5.71 Å². The highest BCUT2D eigenvalue weighted by molar-refractivity contribution is 6.40. The summed E-state index contributed by atoms with van der Waals surface area (Å²) in [6.07, 6.45) is 2.70. The molecule has 0 radical (unpaired) electrons. The molecule has 132 valence electrons. The summed E-state index contributed by atoms with van der Waals surface area (Å²) in [6.45, 7) is 5.82. The molecule has 0 saturated heterocycles. The molecule has 26 heavy (non-hydrogen) atoms. The summed E-state index contributed by atoms with van der Waals surface area (Å²) in [4.78, 5) is 17.0. The largest absolute Gasteiger partial charge is 0.461 e. The van der Waals surface area contributed by atoms with Gasteiger partial charge in [0.05, 0.1) is 29.7 Å². The zero-order valence-corrected chi connectivity index (χ0v) is 15.0. The van der Waals surface area contributed by atoms with Crippen molar-refractivity contribution in [3.05, 3.63) is 52.9 Å². The van der Waals surface area contributed by atoms with Gasteiger partial charge in [-0.25, -0.2) is 4.79 Å². The van der Waals surface area contributed by atoms with Crippen LogP contribution in [0.2, 0.25) is 0 Å². The number of fused-ring (bicyclic) bond motifs is 1. The molecule has 1 atom stereocenters. The van der Waals surface area contributed by atoms with E-state index in [4.69, 9.17) is 4.74 Å². The van der Waals surface area contributed by atoms with Crippen LogP contribution in [0.5, 0.6) is 0 Å². The van der Waals surface area contributed by atoms with Crippen LogP contribution in [-0.2, 0) is 16.0 Å². The molecule has 0 aliphatic carbocycles. The van der Waals surface area contributed by atoms with Crippen LogP contribution >= 0.6 is 0 Å². The topological polar surface area (TPSA) is 87.4 Å². The van der Waals surface area contributed by atoms with Crippen molar-refractivity contribution in [1.82, 2.24) is 10.4 Å². The number of aromatic nitrogens is 1. The first kappa shape index (κ1) is 17.6. The molecule has 0 bridgehead atoms. The number of pyridine rings is 1. The molecule has 0 fully saturated rings. The summed E-state index contributed by atoms with van der Waals surface area (Å²) >= 11 is 0. The number of allylic oxidation sites excluding steroid dienone is 2. The molecular weight excluding hydrogens is 328 g/mol. The minimum absolute atomic E-state index is 0.184. The Balaban J connectivity index is 2.24. The number of carbonyl (C=O) groups excluding carboxylic acids is 1. The molecule has 2 heterocycles. The summed E-state index contributed by atoms with van der Waals surface area (Å²) in [6, 6.07) is 10.0. The predicted molar refractivity (Wildman–Crippen MR) is 99.4 cm³/mol. The molecule has 6 nitrogen and oxygen atoms in total. The Bertz CT molecular complexity index is 969.